The lowest BCUT2D eigenvalue weighted by Crippen LogP contribution is -2.70. The zero-order valence-electron chi connectivity index (χ0n) is 32.8. The SMILES string of the molecule is C=CCO[C@@]12Oc3ccc(OCc4ccccc4F)cc3[C@H]3[C@H](CCCCO)[C@@H](CCCCO)C=C(C(=NOCC)C[C@@H]1N(CCOCCO)C(=O)OCC)[C@H]32. The van der Waals surface area contributed by atoms with Gasteiger partial charge in [-0.2, -0.15) is 0 Å². The quantitative estimate of drug-likeness (QED) is 0.0646. The summed E-state index contributed by atoms with van der Waals surface area (Å²) >= 11 is 0. The summed E-state index contributed by atoms with van der Waals surface area (Å²) in [5.74, 6) is -1.42. The maximum Gasteiger partial charge on any atom is 0.410 e. The fourth-order valence-corrected chi connectivity index (χ4v) is 8.57. The van der Waals surface area contributed by atoms with Crippen LogP contribution in [0.5, 0.6) is 11.5 Å². The lowest BCUT2D eigenvalue weighted by Gasteiger charge is -2.59. The molecule has 0 unspecified atom stereocenters. The summed E-state index contributed by atoms with van der Waals surface area (Å²) in [4.78, 5) is 21.4. The van der Waals surface area contributed by atoms with Crippen LogP contribution in [-0.2, 0) is 25.7 Å². The lowest BCUT2D eigenvalue weighted by molar-refractivity contribution is -0.256. The Labute approximate surface area is 329 Å². The number of hydrogen-bond donors (Lipinski definition) is 3. The Morgan fingerprint density at radius 1 is 1.04 bits per heavy atom. The number of unbranched alkanes of at least 4 members (excludes halogenated alkanes) is 2. The first-order valence-electron chi connectivity index (χ1n) is 20.1. The summed E-state index contributed by atoms with van der Waals surface area (Å²) in [5.41, 5.74) is 2.88. The third-order valence-electron chi connectivity index (χ3n) is 10.9. The molecule has 1 heterocycles. The fourth-order valence-electron chi connectivity index (χ4n) is 8.57. The second-order valence-corrected chi connectivity index (χ2v) is 14.3. The van der Waals surface area contributed by atoms with Gasteiger partial charge in [0.25, 0.3) is 0 Å². The van der Waals surface area contributed by atoms with Crippen LogP contribution in [0.25, 0.3) is 0 Å². The second kappa shape index (κ2) is 21.5. The molecule has 2 aromatic rings. The van der Waals surface area contributed by atoms with E-state index < -0.39 is 23.8 Å². The van der Waals surface area contributed by atoms with Gasteiger partial charge in [-0.15, -0.1) is 6.58 Å². The zero-order valence-corrected chi connectivity index (χ0v) is 32.8. The highest BCUT2D eigenvalue weighted by Crippen LogP contribution is 2.62. The van der Waals surface area contributed by atoms with E-state index in [2.05, 4.69) is 17.8 Å². The molecule has 12 nitrogen and oxygen atoms in total. The minimum Gasteiger partial charge on any atom is -0.489 e. The average molecular weight is 783 g/mol. The van der Waals surface area contributed by atoms with Crippen molar-refractivity contribution in [3.05, 3.63) is 83.7 Å². The number of rotatable bonds is 23. The van der Waals surface area contributed by atoms with Gasteiger partial charge in [0, 0.05) is 43.2 Å². The number of oxime groups is 1. The Balaban J connectivity index is 1.73. The molecule has 0 spiro atoms. The molecule has 2 aromatic carbocycles. The third kappa shape index (κ3) is 9.92. The monoisotopic (exact) mass is 782 g/mol. The number of hydrogen-bond acceptors (Lipinski definition) is 11. The van der Waals surface area contributed by atoms with Gasteiger partial charge in [0.05, 0.1) is 44.7 Å². The Morgan fingerprint density at radius 2 is 1.82 bits per heavy atom. The van der Waals surface area contributed by atoms with Crippen molar-refractivity contribution in [2.24, 2.45) is 22.9 Å². The van der Waals surface area contributed by atoms with E-state index in [9.17, 15) is 24.5 Å². The van der Waals surface area contributed by atoms with Crippen LogP contribution in [0.1, 0.15) is 75.8 Å². The number of fused-ring (bicyclic) bond motifs is 2. The normalized spacial score (nSPS) is 24.4. The van der Waals surface area contributed by atoms with E-state index in [4.69, 9.17) is 28.5 Å². The first-order chi connectivity index (χ1) is 27.4. The summed E-state index contributed by atoms with van der Waals surface area (Å²) in [7, 11) is 0. The molecule has 5 rings (SSSR count). The molecule has 1 fully saturated rings. The van der Waals surface area contributed by atoms with Gasteiger partial charge in [-0.25, -0.2) is 9.18 Å². The van der Waals surface area contributed by atoms with Crippen LogP contribution in [0, 0.1) is 23.6 Å². The van der Waals surface area contributed by atoms with Crippen molar-refractivity contribution in [1.82, 2.24) is 4.90 Å². The minimum absolute atomic E-state index is 0.0150. The number of nitrogens with zero attached hydrogens (tertiary/aromatic N) is 2. The van der Waals surface area contributed by atoms with Crippen molar-refractivity contribution >= 4 is 11.8 Å². The number of carbonyl (C=O) groups is 1. The van der Waals surface area contributed by atoms with Crippen molar-refractivity contribution < 1.29 is 53.0 Å². The van der Waals surface area contributed by atoms with E-state index in [0.717, 1.165) is 36.8 Å². The third-order valence-corrected chi connectivity index (χ3v) is 10.9. The standard InChI is InChI=1S/C43H59FN2O10/c1-4-23-54-43-39(46(42(50)52-5-2)19-24-51-25-22-49)28-37(45-55-6-3)34-26-30(13-9-11-20-47)33(15-10-12-21-48)40(41(34)43)35-27-32(17-18-38(35)56-43)53-29-31-14-7-8-16-36(31)44/h4,7-8,14,16-18,26-27,30,33,39-41,47-49H,1,5-6,9-13,15,19-25,28-29H2,2-3H3/t30-,33+,39-,40+,41+,43+/m0/s1. The fraction of sp³-hybridized carbons (Fsp3) is 0.581. The van der Waals surface area contributed by atoms with Gasteiger partial charge in [0.15, 0.2) is 0 Å². The summed E-state index contributed by atoms with van der Waals surface area (Å²) < 4.78 is 46.3. The van der Waals surface area contributed by atoms with Crippen molar-refractivity contribution in [3.8, 4) is 11.5 Å². The number of benzene rings is 2. The highest BCUT2D eigenvalue weighted by atomic mass is 19.1. The predicted octanol–water partition coefficient (Wildman–Crippen LogP) is 6.53. The number of aliphatic hydroxyl groups excluding tert-OH is 3. The summed E-state index contributed by atoms with van der Waals surface area (Å²) in [5, 5.41) is 33.8. The van der Waals surface area contributed by atoms with E-state index in [-0.39, 0.29) is 89.4 Å². The van der Waals surface area contributed by atoms with Gasteiger partial charge >= 0.3 is 6.09 Å². The number of aliphatic hydroxyl groups is 3. The number of halogens is 1. The highest BCUT2D eigenvalue weighted by molar-refractivity contribution is 6.03. The van der Waals surface area contributed by atoms with Crippen LogP contribution in [0.15, 0.2) is 71.9 Å². The zero-order chi connectivity index (χ0) is 39.9. The predicted molar refractivity (Wildman–Crippen MR) is 209 cm³/mol. The first kappa shape index (κ1) is 43.1. The van der Waals surface area contributed by atoms with E-state index in [0.29, 0.717) is 42.2 Å². The number of carbonyl (C=O) groups excluding carboxylic acids is 1. The van der Waals surface area contributed by atoms with Crippen LogP contribution in [-0.4, -0.2) is 103 Å². The largest absolute Gasteiger partial charge is 0.489 e. The molecule has 1 amide bonds. The van der Waals surface area contributed by atoms with Crippen molar-refractivity contribution in [2.45, 2.75) is 83.1 Å². The molecule has 3 N–H and O–H groups in total. The molecular formula is C43H59FN2O10. The van der Waals surface area contributed by atoms with Gasteiger partial charge < -0.3 is 43.8 Å². The maximum absolute atomic E-state index is 14.6. The van der Waals surface area contributed by atoms with Gasteiger partial charge in [0.2, 0.25) is 5.79 Å². The Bertz CT molecular complexity index is 1640. The Hall–Kier alpha value is -4.01. The van der Waals surface area contributed by atoms with Gasteiger partial charge in [-0.05, 0) is 81.2 Å². The van der Waals surface area contributed by atoms with Gasteiger partial charge in [-0.1, -0.05) is 48.3 Å². The van der Waals surface area contributed by atoms with Crippen molar-refractivity contribution in [2.75, 3.05) is 59.4 Å². The molecule has 0 saturated heterocycles. The van der Waals surface area contributed by atoms with E-state index in [1.807, 2.05) is 19.1 Å². The molecule has 308 valence electrons. The molecule has 1 aliphatic heterocycles. The number of allylic oxidation sites excluding steroid dienone is 1. The molecule has 0 bridgehead atoms. The van der Waals surface area contributed by atoms with Crippen LogP contribution < -0.4 is 9.47 Å². The molecule has 3 aliphatic rings. The highest BCUT2D eigenvalue weighted by Gasteiger charge is 2.65. The smallest absolute Gasteiger partial charge is 0.410 e. The van der Waals surface area contributed by atoms with Gasteiger partial charge in [0.1, 0.15) is 36.6 Å². The molecule has 0 radical (unpaired) electrons. The molecule has 1 saturated carbocycles. The summed E-state index contributed by atoms with van der Waals surface area (Å²) in [6, 6.07) is 11.4. The molecule has 0 aromatic heterocycles. The molecular weight excluding hydrogens is 723 g/mol. The van der Waals surface area contributed by atoms with Crippen LogP contribution in [0.2, 0.25) is 0 Å². The van der Waals surface area contributed by atoms with Crippen molar-refractivity contribution in [3.63, 3.8) is 0 Å². The van der Waals surface area contributed by atoms with E-state index in [1.54, 1.807) is 42.2 Å². The summed E-state index contributed by atoms with van der Waals surface area (Å²) in [6.45, 7) is 8.51. The number of amides is 1. The Morgan fingerprint density at radius 3 is 2.54 bits per heavy atom. The molecule has 6 atom stereocenters. The van der Waals surface area contributed by atoms with Crippen LogP contribution in [0.3, 0.4) is 0 Å². The lowest BCUT2D eigenvalue weighted by atomic mass is 9.55. The van der Waals surface area contributed by atoms with Crippen LogP contribution >= 0.6 is 0 Å². The average Bonchev–Trinajstić information content (AvgIpc) is 3.20. The maximum atomic E-state index is 14.6. The van der Waals surface area contributed by atoms with Crippen LogP contribution in [0.4, 0.5) is 9.18 Å². The Kier molecular flexibility index (Phi) is 16.6. The molecule has 13 heteroatoms. The second-order valence-electron chi connectivity index (χ2n) is 14.3. The molecule has 56 heavy (non-hydrogen) atoms. The summed E-state index contributed by atoms with van der Waals surface area (Å²) in [6.07, 6.45) is 8.00. The minimum atomic E-state index is -1.46. The molecule has 2 aliphatic carbocycles. The van der Waals surface area contributed by atoms with Crippen molar-refractivity contribution in [1.29, 1.82) is 0 Å². The number of ether oxygens (including phenoxy) is 5. The van der Waals surface area contributed by atoms with E-state index >= 15 is 0 Å². The first-order valence-corrected chi connectivity index (χ1v) is 20.1. The topological polar surface area (TPSA) is 149 Å². The van der Waals surface area contributed by atoms with E-state index in [1.165, 1.54) is 6.07 Å². The van der Waals surface area contributed by atoms with Gasteiger partial charge in [-0.3, -0.25) is 4.90 Å².